The van der Waals surface area contributed by atoms with Crippen molar-refractivity contribution in [1.29, 1.82) is 0 Å². The molecular weight excluding hydrogens is 554 g/mol. The highest BCUT2D eigenvalue weighted by Crippen LogP contribution is 2.31. The molecule has 44 heavy (non-hydrogen) atoms. The Morgan fingerprint density at radius 1 is 0.932 bits per heavy atom. The minimum atomic E-state index is -0.858. The van der Waals surface area contributed by atoms with Gasteiger partial charge in [-0.05, 0) is 87.6 Å². The van der Waals surface area contributed by atoms with Crippen LogP contribution in [0.2, 0.25) is 0 Å². The fourth-order valence-corrected chi connectivity index (χ4v) is 6.67. The summed E-state index contributed by atoms with van der Waals surface area (Å²) in [5.74, 6) is -0.965. The normalized spacial score (nSPS) is 22.6. The van der Waals surface area contributed by atoms with Crippen molar-refractivity contribution in [3.05, 3.63) is 82.9 Å². The summed E-state index contributed by atoms with van der Waals surface area (Å²) in [5, 5.41) is 12.2. The van der Waals surface area contributed by atoms with Gasteiger partial charge in [0.2, 0.25) is 23.6 Å². The average molecular weight is 600 g/mol. The smallest absolute Gasteiger partial charge is 0.250 e. The molecule has 234 valence electrons. The van der Waals surface area contributed by atoms with Crippen LogP contribution in [0.5, 0.6) is 0 Å². The average Bonchev–Trinajstić information content (AvgIpc) is 3.47. The minimum absolute atomic E-state index is 0.135. The van der Waals surface area contributed by atoms with Crippen molar-refractivity contribution in [2.24, 2.45) is 0 Å². The SMILES string of the molecule is CNC(C)C(=O)NC(C(=O)N1CC(NC(=O)Cc2ccccc2)CC1C(=O)NC1CCCc2ccccc21)C1=CCCCC1. The Bertz CT molecular complexity index is 1380. The summed E-state index contributed by atoms with van der Waals surface area (Å²) in [4.78, 5) is 56.0. The molecule has 2 aliphatic carbocycles. The van der Waals surface area contributed by atoms with E-state index in [0.717, 1.165) is 55.2 Å². The van der Waals surface area contributed by atoms with E-state index in [9.17, 15) is 19.2 Å². The maximum atomic E-state index is 14.4. The zero-order valence-corrected chi connectivity index (χ0v) is 25.8. The monoisotopic (exact) mass is 599 g/mol. The van der Waals surface area contributed by atoms with Crippen molar-refractivity contribution in [1.82, 2.24) is 26.2 Å². The number of carbonyl (C=O) groups excluding carboxylic acids is 4. The van der Waals surface area contributed by atoms with Crippen LogP contribution < -0.4 is 21.3 Å². The van der Waals surface area contributed by atoms with Gasteiger partial charge in [-0.25, -0.2) is 0 Å². The number of allylic oxidation sites excluding steroid dienone is 1. The Kier molecular flexibility index (Phi) is 10.5. The van der Waals surface area contributed by atoms with E-state index in [2.05, 4.69) is 39.5 Å². The third kappa shape index (κ3) is 7.56. The van der Waals surface area contributed by atoms with Gasteiger partial charge in [0.15, 0.2) is 0 Å². The van der Waals surface area contributed by atoms with Crippen molar-refractivity contribution in [2.75, 3.05) is 13.6 Å². The first kappa shape index (κ1) is 31.4. The van der Waals surface area contributed by atoms with Gasteiger partial charge in [-0.3, -0.25) is 19.2 Å². The van der Waals surface area contributed by atoms with Crippen molar-refractivity contribution in [2.45, 2.75) is 94.9 Å². The zero-order chi connectivity index (χ0) is 31.1. The standard InChI is InChI=1S/C35H45N5O4/c1-23(36-2)33(42)39-32(26-15-7-4-8-16-26)35(44)40-22-27(37-31(41)20-24-12-5-3-6-13-24)21-30(40)34(43)38-29-19-11-17-25-14-9-10-18-28(25)29/h3,5-6,9-10,12-15,18,23,27,29-30,32,36H,4,7-8,11,16-17,19-22H2,1-2H3,(H,37,41)(H,38,43)(H,39,42). The highest BCUT2D eigenvalue weighted by molar-refractivity contribution is 5.95. The molecule has 3 aliphatic rings. The van der Waals surface area contributed by atoms with Crippen LogP contribution in [0.4, 0.5) is 0 Å². The number of amides is 4. The molecule has 5 atom stereocenters. The summed E-state index contributed by atoms with van der Waals surface area (Å²) in [6.07, 6.45) is 8.90. The molecule has 9 nitrogen and oxygen atoms in total. The summed E-state index contributed by atoms with van der Waals surface area (Å²) in [7, 11) is 1.70. The van der Waals surface area contributed by atoms with E-state index in [0.29, 0.717) is 12.8 Å². The molecule has 1 saturated heterocycles. The fraction of sp³-hybridized carbons (Fsp3) is 0.486. The predicted molar refractivity (Wildman–Crippen MR) is 169 cm³/mol. The first-order valence-corrected chi connectivity index (χ1v) is 16.0. The quantitative estimate of drug-likeness (QED) is 0.313. The number of likely N-dealkylation sites (N-methyl/N-ethyl adjacent to an activating group) is 1. The van der Waals surface area contributed by atoms with E-state index in [-0.39, 0.29) is 42.6 Å². The fourth-order valence-electron chi connectivity index (χ4n) is 6.67. The van der Waals surface area contributed by atoms with Crippen LogP contribution in [-0.4, -0.2) is 66.3 Å². The molecule has 5 unspecified atom stereocenters. The molecule has 0 aromatic heterocycles. The van der Waals surface area contributed by atoms with Crippen molar-refractivity contribution in [3.8, 4) is 0 Å². The van der Waals surface area contributed by atoms with E-state index < -0.39 is 24.2 Å². The summed E-state index contributed by atoms with van der Waals surface area (Å²) in [5.41, 5.74) is 4.14. The Labute approximate surface area is 260 Å². The van der Waals surface area contributed by atoms with Gasteiger partial charge >= 0.3 is 0 Å². The maximum absolute atomic E-state index is 14.4. The van der Waals surface area contributed by atoms with Crippen molar-refractivity contribution in [3.63, 3.8) is 0 Å². The molecule has 2 aromatic rings. The van der Waals surface area contributed by atoms with Crippen molar-refractivity contribution >= 4 is 23.6 Å². The number of nitrogens with zero attached hydrogens (tertiary/aromatic N) is 1. The largest absolute Gasteiger partial charge is 0.351 e. The second-order valence-corrected chi connectivity index (χ2v) is 12.3. The molecule has 0 radical (unpaired) electrons. The first-order chi connectivity index (χ1) is 21.3. The van der Waals surface area contributed by atoms with Gasteiger partial charge in [0.25, 0.3) is 0 Å². The van der Waals surface area contributed by atoms with Gasteiger partial charge in [0.1, 0.15) is 12.1 Å². The first-order valence-electron chi connectivity index (χ1n) is 16.0. The van der Waals surface area contributed by atoms with E-state index in [4.69, 9.17) is 0 Å². The van der Waals surface area contributed by atoms with Gasteiger partial charge < -0.3 is 26.2 Å². The molecule has 1 aliphatic heterocycles. The highest BCUT2D eigenvalue weighted by Gasteiger charge is 2.44. The van der Waals surface area contributed by atoms with Crippen LogP contribution in [-0.2, 0) is 32.0 Å². The molecule has 4 amide bonds. The van der Waals surface area contributed by atoms with Gasteiger partial charge in [0, 0.05) is 12.6 Å². The summed E-state index contributed by atoms with van der Waals surface area (Å²) in [6.45, 7) is 1.94. The van der Waals surface area contributed by atoms with Crippen LogP contribution in [0.15, 0.2) is 66.2 Å². The number of nitrogens with one attached hydrogen (secondary N) is 4. The Morgan fingerprint density at radius 2 is 1.70 bits per heavy atom. The van der Waals surface area contributed by atoms with Crippen LogP contribution in [0.3, 0.4) is 0 Å². The number of carbonyl (C=O) groups is 4. The molecule has 4 N–H and O–H groups in total. The van der Waals surface area contributed by atoms with E-state index in [1.165, 1.54) is 5.56 Å². The summed E-state index contributed by atoms with van der Waals surface area (Å²) >= 11 is 0. The van der Waals surface area contributed by atoms with Crippen LogP contribution in [0.25, 0.3) is 0 Å². The lowest BCUT2D eigenvalue weighted by atomic mass is 9.87. The van der Waals surface area contributed by atoms with Crippen LogP contribution >= 0.6 is 0 Å². The minimum Gasteiger partial charge on any atom is -0.351 e. The molecule has 0 spiro atoms. The number of hydrogen-bond donors (Lipinski definition) is 4. The molecule has 1 fully saturated rings. The lowest BCUT2D eigenvalue weighted by Gasteiger charge is -2.33. The van der Waals surface area contributed by atoms with Gasteiger partial charge in [0.05, 0.1) is 18.5 Å². The predicted octanol–water partition coefficient (Wildman–Crippen LogP) is 3.10. The molecule has 0 bridgehead atoms. The molecular formula is C35H45N5O4. The Hall–Kier alpha value is -3.98. The molecule has 2 aromatic carbocycles. The van der Waals surface area contributed by atoms with Gasteiger partial charge in [-0.1, -0.05) is 60.7 Å². The zero-order valence-electron chi connectivity index (χ0n) is 25.8. The third-order valence-corrected chi connectivity index (χ3v) is 9.20. The highest BCUT2D eigenvalue weighted by atomic mass is 16.2. The van der Waals surface area contributed by atoms with E-state index in [1.807, 2.05) is 42.5 Å². The number of fused-ring (bicyclic) bond motifs is 1. The molecule has 0 saturated carbocycles. The summed E-state index contributed by atoms with van der Waals surface area (Å²) in [6, 6.07) is 15.0. The van der Waals surface area contributed by atoms with E-state index in [1.54, 1.807) is 18.9 Å². The Morgan fingerprint density at radius 3 is 2.45 bits per heavy atom. The lowest BCUT2D eigenvalue weighted by Crippen LogP contribution is -2.56. The topological polar surface area (TPSA) is 120 Å². The molecule has 1 heterocycles. The summed E-state index contributed by atoms with van der Waals surface area (Å²) < 4.78 is 0. The van der Waals surface area contributed by atoms with Gasteiger partial charge in [-0.15, -0.1) is 0 Å². The maximum Gasteiger partial charge on any atom is 0.250 e. The number of aryl methyl sites for hydroxylation is 1. The Balaban J connectivity index is 1.38. The van der Waals surface area contributed by atoms with E-state index >= 15 is 0 Å². The number of rotatable bonds is 10. The van der Waals surface area contributed by atoms with Crippen LogP contribution in [0.1, 0.15) is 74.6 Å². The van der Waals surface area contributed by atoms with Crippen molar-refractivity contribution < 1.29 is 19.2 Å². The third-order valence-electron chi connectivity index (χ3n) is 9.20. The molecule has 9 heteroatoms. The number of hydrogen-bond acceptors (Lipinski definition) is 5. The van der Waals surface area contributed by atoms with Crippen LogP contribution in [0, 0.1) is 0 Å². The molecule has 5 rings (SSSR count). The second kappa shape index (κ2) is 14.7. The van der Waals surface area contributed by atoms with Gasteiger partial charge in [-0.2, -0.15) is 0 Å². The number of benzene rings is 2. The number of likely N-dealkylation sites (tertiary alicyclic amines) is 1. The second-order valence-electron chi connectivity index (χ2n) is 12.3. The lowest BCUT2D eigenvalue weighted by molar-refractivity contribution is -0.141.